The van der Waals surface area contributed by atoms with Gasteiger partial charge in [0.05, 0.1) is 10.6 Å². The van der Waals surface area contributed by atoms with E-state index >= 15 is 0 Å². The van der Waals surface area contributed by atoms with Crippen LogP contribution in [0.1, 0.15) is 47.8 Å². The van der Waals surface area contributed by atoms with Crippen molar-refractivity contribution in [1.29, 1.82) is 0 Å². The summed E-state index contributed by atoms with van der Waals surface area (Å²) in [6, 6.07) is 12.1. The first kappa shape index (κ1) is 18.4. The third-order valence-electron chi connectivity index (χ3n) is 4.37. The van der Waals surface area contributed by atoms with Gasteiger partial charge in [-0.1, -0.05) is 38.0 Å². The van der Waals surface area contributed by atoms with Crippen LogP contribution < -0.4 is 5.32 Å². The van der Waals surface area contributed by atoms with Gasteiger partial charge in [-0.2, -0.15) is 5.10 Å². The Kier molecular flexibility index (Phi) is 5.89. The highest BCUT2D eigenvalue weighted by atomic mass is 32.1. The first-order valence-corrected chi connectivity index (χ1v) is 9.98. The molecule has 0 unspecified atom stereocenters. The van der Waals surface area contributed by atoms with E-state index in [1.165, 1.54) is 0 Å². The van der Waals surface area contributed by atoms with Crippen LogP contribution >= 0.6 is 11.3 Å². The van der Waals surface area contributed by atoms with Gasteiger partial charge in [0.15, 0.2) is 0 Å². The summed E-state index contributed by atoms with van der Waals surface area (Å²) in [6.07, 6.45) is 3.26. The van der Waals surface area contributed by atoms with Gasteiger partial charge < -0.3 is 5.32 Å². The van der Waals surface area contributed by atoms with Crippen molar-refractivity contribution >= 4 is 17.2 Å². The predicted molar refractivity (Wildman–Crippen MR) is 108 cm³/mol. The van der Waals surface area contributed by atoms with Crippen molar-refractivity contribution in [3.05, 3.63) is 58.6 Å². The van der Waals surface area contributed by atoms with Gasteiger partial charge in [-0.05, 0) is 55.0 Å². The largest absolute Gasteiger partial charge is 0.351 e. The van der Waals surface area contributed by atoms with Crippen molar-refractivity contribution in [2.75, 3.05) is 6.54 Å². The summed E-state index contributed by atoms with van der Waals surface area (Å²) in [5.41, 5.74) is 4.61. The minimum atomic E-state index is -0.0719. The standard InChI is InChI=1S/C21H25N3OS/c1-4-5-6-11-22-21(25)19-14-17(20-8-7-12-26-20)23-24(19)18-13-15(2)9-10-16(18)3/h7-10,12-14H,4-6,11H2,1-3H3,(H,22,25). The lowest BCUT2D eigenvalue weighted by Gasteiger charge is -2.11. The molecule has 0 saturated carbocycles. The van der Waals surface area contributed by atoms with Crippen molar-refractivity contribution in [2.24, 2.45) is 0 Å². The van der Waals surface area contributed by atoms with Crippen LogP contribution in [0.5, 0.6) is 0 Å². The zero-order valence-electron chi connectivity index (χ0n) is 15.6. The number of hydrogen-bond donors (Lipinski definition) is 1. The van der Waals surface area contributed by atoms with E-state index in [-0.39, 0.29) is 5.91 Å². The number of nitrogens with zero attached hydrogens (tertiary/aromatic N) is 2. The topological polar surface area (TPSA) is 46.9 Å². The summed E-state index contributed by atoms with van der Waals surface area (Å²) in [7, 11) is 0. The number of rotatable bonds is 7. The SMILES string of the molecule is CCCCCNC(=O)c1cc(-c2cccs2)nn1-c1cc(C)ccc1C. The van der Waals surface area contributed by atoms with Crippen molar-refractivity contribution in [2.45, 2.75) is 40.0 Å². The summed E-state index contributed by atoms with van der Waals surface area (Å²) in [6.45, 7) is 6.95. The fourth-order valence-electron chi connectivity index (χ4n) is 2.89. The highest BCUT2D eigenvalue weighted by Gasteiger charge is 2.19. The number of nitrogens with one attached hydrogen (secondary N) is 1. The Balaban J connectivity index is 1.98. The zero-order valence-corrected chi connectivity index (χ0v) is 16.4. The molecule has 0 aliphatic heterocycles. The Bertz CT molecular complexity index is 881. The molecule has 4 nitrogen and oxygen atoms in total. The van der Waals surface area contributed by atoms with E-state index in [0.717, 1.165) is 46.6 Å². The highest BCUT2D eigenvalue weighted by Crippen LogP contribution is 2.27. The molecule has 5 heteroatoms. The smallest absolute Gasteiger partial charge is 0.270 e. The molecule has 26 heavy (non-hydrogen) atoms. The number of carbonyl (C=O) groups excluding carboxylic acids is 1. The van der Waals surface area contributed by atoms with Crippen LogP contribution in [0.4, 0.5) is 0 Å². The molecule has 1 N–H and O–H groups in total. The number of aromatic nitrogens is 2. The third-order valence-corrected chi connectivity index (χ3v) is 5.27. The molecule has 0 atom stereocenters. The van der Waals surface area contributed by atoms with Gasteiger partial charge in [-0.3, -0.25) is 4.79 Å². The first-order valence-electron chi connectivity index (χ1n) is 9.10. The van der Waals surface area contributed by atoms with Gasteiger partial charge >= 0.3 is 0 Å². The summed E-state index contributed by atoms with van der Waals surface area (Å²) in [4.78, 5) is 13.9. The molecule has 0 aliphatic rings. The van der Waals surface area contributed by atoms with Crippen LogP contribution in [0.25, 0.3) is 16.3 Å². The minimum Gasteiger partial charge on any atom is -0.351 e. The zero-order chi connectivity index (χ0) is 18.5. The number of aryl methyl sites for hydroxylation is 2. The van der Waals surface area contributed by atoms with Gasteiger partial charge in [-0.15, -0.1) is 11.3 Å². The number of benzene rings is 1. The molecule has 1 amide bonds. The molecule has 0 fully saturated rings. The molecule has 136 valence electrons. The Labute approximate surface area is 158 Å². The second-order valence-corrected chi connectivity index (χ2v) is 7.50. The molecule has 2 heterocycles. The Morgan fingerprint density at radius 1 is 1.19 bits per heavy atom. The monoisotopic (exact) mass is 367 g/mol. The second kappa shape index (κ2) is 8.32. The number of amides is 1. The maximum absolute atomic E-state index is 12.8. The maximum Gasteiger partial charge on any atom is 0.270 e. The first-order chi connectivity index (χ1) is 12.6. The molecule has 3 aromatic rings. The van der Waals surface area contributed by atoms with Crippen LogP contribution in [0.15, 0.2) is 41.8 Å². The van der Waals surface area contributed by atoms with Gasteiger partial charge in [0.2, 0.25) is 0 Å². The minimum absolute atomic E-state index is 0.0719. The molecular weight excluding hydrogens is 342 g/mol. The summed E-state index contributed by atoms with van der Waals surface area (Å²) < 4.78 is 1.78. The summed E-state index contributed by atoms with van der Waals surface area (Å²) in [5, 5.41) is 9.82. The lowest BCUT2D eigenvalue weighted by molar-refractivity contribution is 0.0945. The molecule has 0 spiro atoms. The lowest BCUT2D eigenvalue weighted by Crippen LogP contribution is -2.27. The van der Waals surface area contributed by atoms with Crippen molar-refractivity contribution in [1.82, 2.24) is 15.1 Å². The van der Waals surface area contributed by atoms with Gasteiger partial charge in [0.1, 0.15) is 11.4 Å². The molecule has 0 bridgehead atoms. The number of carbonyl (C=O) groups is 1. The average Bonchev–Trinajstić information content (AvgIpc) is 3.30. The normalized spacial score (nSPS) is 10.9. The van der Waals surface area contributed by atoms with Crippen molar-refractivity contribution in [3.8, 4) is 16.3 Å². The fourth-order valence-corrected chi connectivity index (χ4v) is 3.57. The third kappa shape index (κ3) is 4.05. The van der Waals surface area contributed by atoms with Crippen molar-refractivity contribution in [3.63, 3.8) is 0 Å². The van der Waals surface area contributed by atoms with Crippen LogP contribution in [0, 0.1) is 13.8 Å². The Morgan fingerprint density at radius 2 is 2.04 bits per heavy atom. The maximum atomic E-state index is 12.8. The summed E-state index contributed by atoms with van der Waals surface area (Å²) >= 11 is 1.63. The Morgan fingerprint density at radius 3 is 2.77 bits per heavy atom. The fraction of sp³-hybridized carbons (Fsp3) is 0.333. The Hall–Kier alpha value is -2.40. The quantitative estimate of drug-likeness (QED) is 0.588. The highest BCUT2D eigenvalue weighted by molar-refractivity contribution is 7.13. The summed E-state index contributed by atoms with van der Waals surface area (Å²) in [5.74, 6) is -0.0719. The van der Waals surface area contributed by atoms with Crippen LogP contribution in [-0.2, 0) is 0 Å². The molecule has 0 aliphatic carbocycles. The molecular formula is C21H25N3OS. The molecule has 0 saturated heterocycles. The molecule has 2 aromatic heterocycles. The average molecular weight is 368 g/mol. The number of thiophene rings is 1. The van der Waals surface area contributed by atoms with Crippen LogP contribution in [0.3, 0.4) is 0 Å². The molecule has 3 rings (SSSR count). The number of unbranched alkanes of at least 4 members (excludes halogenated alkanes) is 2. The number of hydrogen-bond acceptors (Lipinski definition) is 3. The van der Waals surface area contributed by atoms with E-state index in [0.29, 0.717) is 12.2 Å². The van der Waals surface area contributed by atoms with Gasteiger partial charge in [0, 0.05) is 6.54 Å². The molecule has 1 aromatic carbocycles. The lowest BCUT2D eigenvalue weighted by atomic mass is 10.1. The van der Waals surface area contributed by atoms with Crippen molar-refractivity contribution < 1.29 is 4.79 Å². The van der Waals surface area contributed by atoms with E-state index in [9.17, 15) is 4.79 Å². The van der Waals surface area contributed by atoms with Gasteiger partial charge in [0.25, 0.3) is 5.91 Å². The predicted octanol–water partition coefficient (Wildman–Crippen LogP) is 5.14. The van der Waals surface area contributed by atoms with E-state index in [2.05, 4.69) is 37.4 Å². The van der Waals surface area contributed by atoms with Gasteiger partial charge in [-0.25, -0.2) is 4.68 Å². The van der Waals surface area contributed by atoms with E-state index in [1.807, 2.05) is 30.5 Å². The van der Waals surface area contributed by atoms with Crippen LogP contribution in [-0.4, -0.2) is 22.2 Å². The van der Waals surface area contributed by atoms with E-state index in [4.69, 9.17) is 5.10 Å². The van der Waals surface area contributed by atoms with Crippen LogP contribution in [0.2, 0.25) is 0 Å². The van der Waals surface area contributed by atoms with E-state index in [1.54, 1.807) is 16.0 Å². The second-order valence-electron chi connectivity index (χ2n) is 6.56. The van der Waals surface area contributed by atoms with E-state index < -0.39 is 0 Å². The molecule has 0 radical (unpaired) electrons.